The molecule has 5 heteroatoms. The molecule has 4 nitrogen and oxygen atoms in total. The number of nitrogens with one attached hydrogen (secondary N) is 2. The van der Waals surface area contributed by atoms with Gasteiger partial charge in [-0.15, -0.1) is 0 Å². The van der Waals surface area contributed by atoms with Crippen molar-refractivity contribution in [3.05, 3.63) is 35.6 Å². The maximum atomic E-state index is 13.4. The molecule has 0 bridgehead atoms. The maximum absolute atomic E-state index is 13.4. The summed E-state index contributed by atoms with van der Waals surface area (Å²) in [6.45, 7) is 3.45. The molecular formula is C16H22FN3O. The van der Waals surface area contributed by atoms with Gasteiger partial charge in [0.05, 0.1) is 12.6 Å². The van der Waals surface area contributed by atoms with E-state index in [0.717, 1.165) is 24.6 Å². The summed E-state index contributed by atoms with van der Waals surface area (Å²) in [5.74, 6) is 0.614. The average Bonchev–Trinajstić information content (AvgIpc) is 3.31. The van der Waals surface area contributed by atoms with E-state index in [9.17, 15) is 9.18 Å². The molecule has 2 fully saturated rings. The third kappa shape index (κ3) is 3.80. The molecule has 2 N–H and O–H groups in total. The number of halogens is 1. The van der Waals surface area contributed by atoms with Gasteiger partial charge in [0, 0.05) is 19.6 Å². The van der Waals surface area contributed by atoms with Crippen LogP contribution in [0.2, 0.25) is 0 Å². The van der Waals surface area contributed by atoms with Crippen LogP contribution in [0.15, 0.2) is 24.3 Å². The van der Waals surface area contributed by atoms with E-state index >= 15 is 0 Å². The highest BCUT2D eigenvalue weighted by Crippen LogP contribution is 2.27. The summed E-state index contributed by atoms with van der Waals surface area (Å²) >= 11 is 0. The molecule has 0 spiro atoms. The molecule has 0 radical (unpaired) electrons. The normalized spacial score (nSPS) is 22.3. The van der Waals surface area contributed by atoms with E-state index in [0.29, 0.717) is 19.6 Å². The molecule has 1 saturated carbocycles. The minimum Gasteiger partial charge on any atom is -0.332 e. The van der Waals surface area contributed by atoms with Crippen LogP contribution in [0, 0.1) is 11.7 Å². The van der Waals surface area contributed by atoms with Gasteiger partial charge in [0.15, 0.2) is 0 Å². The number of hydrogen-bond acceptors (Lipinski definition) is 3. The number of rotatable bonds is 5. The van der Waals surface area contributed by atoms with Gasteiger partial charge < -0.3 is 15.5 Å². The number of hydrogen-bond donors (Lipinski definition) is 2. The Hall–Kier alpha value is -1.46. The predicted octanol–water partition coefficient (Wildman–Crippen LogP) is 1.30. The number of nitrogens with zero attached hydrogens (tertiary/aromatic N) is 1. The minimum atomic E-state index is -0.252. The molecule has 1 aromatic carbocycles. The first-order chi connectivity index (χ1) is 10.2. The summed E-state index contributed by atoms with van der Waals surface area (Å²) in [6, 6.07) is 6.47. The molecule has 1 amide bonds. The zero-order valence-corrected chi connectivity index (χ0v) is 12.1. The van der Waals surface area contributed by atoms with Gasteiger partial charge in [-0.3, -0.25) is 4.79 Å². The molecule has 1 atom stereocenters. The quantitative estimate of drug-likeness (QED) is 0.859. The summed E-state index contributed by atoms with van der Waals surface area (Å²) in [6.07, 6.45) is 2.56. The molecule has 1 aromatic rings. The van der Waals surface area contributed by atoms with E-state index in [-0.39, 0.29) is 17.8 Å². The van der Waals surface area contributed by atoms with Crippen LogP contribution < -0.4 is 10.6 Å². The molecule has 2 aliphatic rings. The van der Waals surface area contributed by atoms with Crippen molar-refractivity contribution in [2.24, 2.45) is 5.92 Å². The minimum absolute atomic E-state index is 0.0790. The zero-order valence-electron chi connectivity index (χ0n) is 12.1. The molecule has 1 aliphatic carbocycles. The average molecular weight is 291 g/mol. The highest BCUT2D eigenvalue weighted by atomic mass is 19.1. The number of carbonyl (C=O) groups is 1. The maximum Gasteiger partial charge on any atom is 0.237 e. The summed E-state index contributed by atoms with van der Waals surface area (Å²) in [5, 5.41) is 6.53. The summed E-state index contributed by atoms with van der Waals surface area (Å²) in [4.78, 5) is 14.3. The van der Waals surface area contributed by atoms with Gasteiger partial charge in [-0.2, -0.15) is 0 Å². The van der Waals surface area contributed by atoms with Crippen molar-refractivity contribution in [1.29, 1.82) is 0 Å². The standard InChI is InChI=1S/C16H22FN3O/c17-14-3-1-2-13(8-14)15-10-18-6-7-20(15)16(21)11-19-9-12-4-5-12/h1-3,8,12,15,18-19H,4-7,9-11H2. The van der Waals surface area contributed by atoms with Gasteiger partial charge in [0.1, 0.15) is 5.82 Å². The highest BCUT2D eigenvalue weighted by Gasteiger charge is 2.28. The molecule has 1 heterocycles. The lowest BCUT2D eigenvalue weighted by molar-refractivity contribution is -0.133. The van der Waals surface area contributed by atoms with E-state index in [2.05, 4.69) is 10.6 Å². The van der Waals surface area contributed by atoms with E-state index < -0.39 is 0 Å². The largest absolute Gasteiger partial charge is 0.332 e. The van der Waals surface area contributed by atoms with Crippen LogP contribution in [0.25, 0.3) is 0 Å². The Bertz CT molecular complexity index is 504. The lowest BCUT2D eigenvalue weighted by Crippen LogP contribution is -2.51. The van der Waals surface area contributed by atoms with Gasteiger partial charge in [-0.25, -0.2) is 4.39 Å². The van der Waals surface area contributed by atoms with Crippen LogP contribution in [-0.2, 0) is 4.79 Å². The third-order valence-electron chi connectivity index (χ3n) is 4.20. The molecule has 1 saturated heterocycles. The smallest absolute Gasteiger partial charge is 0.237 e. The van der Waals surface area contributed by atoms with Crippen LogP contribution in [0.3, 0.4) is 0 Å². The summed E-state index contributed by atoms with van der Waals surface area (Å²) in [7, 11) is 0. The van der Waals surface area contributed by atoms with Crippen molar-refractivity contribution in [3.8, 4) is 0 Å². The highest BCUT2D eigenvalue weighted by molar-refractivity contribution is 5.79. The first kappa shape index (κ1) is 14.5. The molecule has 1 aliphatic heterocycles. The van der Waals surface area contributed by atoms with Gasteiger partial charge in [-0.05, 0) is 43.0 Å². The Morgan fingerprint density at radius 1 is 1.43 bits per heavy atom. The van der Waals surface area contributed by atoms with E-state index in [1.54, 1.807) is 6.07 Å². The first-order valence-corrected chi connectivity index (χ1v) is 7.70. The van der Waals surface area contributed by atoms with Crippen molar-refractivity contribution in [2.75, 3.05) is 32.7 Å². The Kier molecular flexibility index (Phi) is 4.51. The lowest BCUT2D eigenvalue weighted by Gasteiger charge is -2.36. The van der Waals surface area contributed by atoms with Crippen molar-refractivity contribution >= 4 is 5.91 Å². The second-order valence-electron chi connectivity index (χ2n) is 5.94. The van der Waals surface area contributed by atoms with Gasteiger partial charge in [0.25, 0.3) is 0 Å². The fourth-order valence-electron chi connectivity index (χ4n) is 2.82. The Balaban J connectivity index is 1.63. The lowest BCUT2D eigenvalue weighted by atomic mass is 10.0. The fourth-order valence-corrected chi connectivity index (χ4v) is 2.82. The molecule has 21 heavy (non-hydrogen) atoms. The fraction of sp³-hybridized carbons (Fsp3) is 0.562. The Morgan fingerprint density at radius 2 is 2.29 bits per heavy atom. The van der Waals surface area contributed by atoms with Crippen LogP contribution in [0.5, 0.6) is 0 Å². The van der Waals surface area contributed by atoms with Crippen molar-refractivity contribution in [3.63, 3.8) is 0 Å². The van der Waals surface area contributed by atoms with Crippen molar-refractivity contribution in [1.82, 2.24) is 15.5 Å². The van der Waals surface area contributed by atoms with E-state index in [4.69, 9.17) is 0 Å². The number of piperazine rings is 1. The van der Waals surface area contributed by atoms with Gasteiger partial charge >= 0.3 is 0 Å². The third-order valence-corrected chi connectivity index (χ3v) is 4.20. The van der Waals surface area contributed by atoms with Crippen LogP contribution >= 0.6 is 0 Å². The van der Waals surface area contributed by atoms with Crippen LogP contribution in [-0.4, -0.2) is 43.5 Å². The molecule has 3 rings (SSSR count). The SMILES string of the molecule is O=C(CNCC1CC1)N1CCNCC1c1cccc(F)c1. The van der Waals surface area contributed by atoms with Crippen molar-refractivity contribution < 1.29 is 9.18 Å². The van der Waals surface area contributed by atoms with Crippen LogP contribution in [0.4, 0.5) is 4.39 Å². The van der Waals surface area contributed by atoms with E-state index in [1.165, 1.54) is 25.0 Å². The molecule has 0 aromatic heterocycles. The number of amides is 1. The Labute approximate surface area is 124 Å². The molecule has 1 unspecified atom stereocenters. The number of benzene rings is 1. The first-order valence-electron chi connectivity index (χ1n) is 7.70. The summed E-state index contributed by atoms with van der Waals surface area (Å²) < 4.78 is 13.4. The van der Waals surface area contributed by atoms with Gasteiger partial charge in [-0.1, -0.05) is 12.1 Å². The van der Waals surface area contributed by atoms with Crippen LogP contribution in [0.1, 0.15) is 24.4 Å². The second-order valence-corrected chi connectivity index (χ2v) is 5.94. The van der Waals surface area contributed by atoms with Gasteiger partial charge in [0.2, 0.25) is 5.91 Å². The van der Waals surface area contributed by atoms with Crippen molar-refractivity contribution in [2.45, 2.75) is 18.9 Å². The summed E-state index contributed by atoms with van der Waals surface area (Å²) in [5.41, 5.74) is 0.859. The molecular weight excluding hydrogens is 269 g/mol. The second kappa shape index (κ2) is 6.54. The van der Waals surface area contributed by atoms with E-state index in [1.807, 2.05) is 11.0 Å². The Morgan fingerprint density at radius 3 is 3.05 bits per heavy atom. The molecule has 114 valence electrons. The monoisotopic (exact) mass is 291 g/mol. The predicted molar refractivity (Wildman–Crippen MR) is 79.3 cm³/mol. The zero-order chi connectivity index (χ0) is 14.7. The number of carbonyl (C=O) groups excluding carboxylic acids is 1. The topological polar surface area (TPSA) is 44.4 Å².